The highest BCUT2D eigenvalue weighted by atomic mass is 32.3. The van der Waals surface area contributed by atoms with Gasteiger partial charge in [0.25, 0.3) is 0 Å². The van der Waals surface area contributed by atoms with Crippen LogP contribution in [0.1, 0.15) is 12.8 Å². The van der Waals surface area contributed by atoms with Gasteiger partial charge in [-0.15, -0.1) is 11.5 Å². The molecule has 6 nitrogen and oxygen atoms in total. The molecule has 0 aliphatic carbocycles. The van der Waals surface area contributed by atoms with Crippen molar-refractivity contribution in [1.82, 2.24) is 10.6 Å². The van der Waals surface area contributed by atoms with Crippen molar-refractivity contribution in [2.45, 2.75) is 12.8 Å². The van der Waals surface area contributed by atoms with Crippen LogP contribution in [0.15, 0.2) is 36.8 Å². The minimum atomic E-state index is -4.16. The number of hydrogen-bond donors (Lipinski definition) is 3. The Balaban J connectivity index is 0. The van der Waals surface area contributed by atoms with Crippen molar-refractivity contribution >= 4 is 10.4 Å². The van der Waals surface area contributed by atoms with Gasteiger partial charge in [0.2, 0.25) is 0 Å². The summed E-state index contributed by atoms with van der Waals surface area (Å²) >= 11 is 0. The molecule has 0 spiro atoms. The average Bonchev–Trinajstić information content (AvgIpc) is 2.41. The van der Waals surface area contributed by atoms with Gasteiger partial charge >= 0.3 is 10.4 Å². The van der Waals surface area contributed by atoms with Crippen molar-refractivity contribution in [3.05, 3.63) is 36.8 Å². The molecule has 7 heteroatoms. The molecule has 0 aromatic heterocycles. The molecule has 0 heterocycles. The molecule has 116 valence electrons. The number of rotatable bonds is 10. The quantitative estimate of drug-likeness (QED) is 0.318. The van der Waals surface area contributed by atoms with Crippen molar-refractivity contribution in [2.24, 2.45) is 0 Å². The number of hydrogen-bond acceptors (Lipinski definition) is 5. The molecule has 0 saturated heterocycles. The molecule has 3 N–H and O–H groups in total. The Labute approximate surface area is 121 Å². The molecule has 0 aromatic rings. The monoisotopic (exact) mass is 304 g/mol. The first-order valence-electron chi connectivity index (χ1n) is 6.11. The summed E-state index contributed by atoms with van der Waals surface area (Å²) in [5.41, 5.74) is 5.45. The molecule has 0 rings (SSSR count). The molecular formula is C13H24N2O4S. The zero-order valence-electron chi connectivity index (χ0n) is 11.9. The molecular weight excluding hydrogens is 280 g/mol. The van der Waals surface area contributed by atoms with Gasteiger partial charge in [-0.05, 0) is 38.1 Å². The highest BCUT2D eigenvalue weighted by Gasteiger charge is 1.94. The molecule has 0 fully saturated rings. The maximum Gasteiger partial charge on any atom is 0.397 e. The second-order valence-electron chi connectivity index (χ2n) is 3.53. The van der Waals surface area contributed by atoms with Gasteiger partial charge in [0, 0.05) is 13.1 Å². The Bertz CT molecular complexity index is 384. The van der Waals surface area contributed by atoms with Gasteiger partial charge in [0.1, 0.15) is 0 Å². The Morgan fingerprint density at radius 2 is 1.45 bits per heavy atom. The molecule has 0 amide bonds. The van der Waals surface area contributed by atoms with Crippen LogP contribution in [0.2, 0.25) is 0 Å². The lowest BCUT2D eigenvalue weighted by atomic mass is 10.3. The van der Waals surface area contributed by atoms with Gasteiger partial charge in [0.15, 0.2) is 0 Å². The Morgan fingerprint density at radius 3 is 1.70 bits per heavy atom. The zero-order chi connectivity index (χ0) is 15.7. The smallest absolute Gasteiger partial charge is 0.313 e. The van der Waals surface area contributed by atoms with Crippen LogP contribution in [0, 0.1) is 0 Å². The maximum atomic E-state index is 9.33. The van der Waals surface area contributed by atoms with E-state index in [4.69, 9.17) is 4.55 Å². The van der Waals surface area contributed by atoms with E-state index in [1.807, 2.05) is 12.2 Å². The molecule has 0 saturated carbocycles. The lowest BCUT2D eigenvalue weighted by Crippen LogP contribution is -2.18. The minimum absolute atomic E-state index is 0.870. The molecule has 0 unspecified atom stereocenters. The van der Waals surface area contributed by atoms with Crippen LogP contribution in [0.25, 0.3) is 0 Å². The third-order valence-corrected chi connectivity index (χ3v) is 2.37. The highest BCUT2D eigenvalue weighted by molar-refractivity contribution is 7.80. The summed E-state index contributed by atoms with van der Waals surface area (Å²) in [5.74, 6) is 0. The number of nitrogens with one attached hydrogen (secondary N) is 2. The lowest BCUT2D eigenvalue weighted by Gasteiger charge is -2.02. The van der Waals surface area contributed by atoms with E-state index in [2.05, 4.69) is 39.4 Å². The fourth-order valence-corrected chi connectivity index (χ4v) is 0.993. The van der Waals surface area contributed by atoms with E-state index in [9.17, 15) is 8.42 Å². The van der Waals surface area contributed by atoms with Crippen LogP contribution >= 0.6 is 0 Å². The third kappa shape index (κ3) is 25.6. The fraction of sp³-hybridized carbons (Fsp3) is 0.538. The van der Waals surface area contributed by atoms with Crippen molar-refractivity contribution in [3.63, 3.8) is 0 Å². The van der Waals surface area contributed by atoms with Crippen LogP contribution in [-0.2, 0) is 14.6 Å². The third-order valence-electron chi connectivity index (χ3n) is 1.95. The van der Waals surface area contributed by atoms with E-state index in [1.165, 1.54) is 12.8 Å². The Kier molecular flexibility index (Phi) is 16.8. The van der Waals surface area contributed by atoms with E-state index >= 15 is 0 Å². The van der Waals surface area contributed by atoms with Crippen LogP contribution in [0.5, 0.6) is 0 Å². The molecule has 0 aliphatic heterocycles. The largest absolute Gasteiger partial charge is 0.397 e. The van der Waals surface area contributed by atoms with Gasteiger partial charge in [-0.2, -0.15) is 8.42 Å². The molecule has 20 heavy (non-hydrogen) atoms. The van der Waals surface area contributed by atoms with Gasteiger partial charge in [-0.1, -0.05) is 13.2 Å². The SMILES string of the molecule is C=C=CCNCCCCNCC=C=C.COS(=O)(=O)O. The number of unbranched alkanes of at least 4 members (excludes halogenated alkanes) is 1. The van der Waals surface area contributed by atoms with Crippen LogP contribution < -0.4 is 10.6 Å². The summed E-state index contributed by atoms with van der Waals surface area (Å²) in [6.45, 7) is 10.8. The van der Waals surface area contributed by atoms with E-state index in [0.717, 1.165) is 33.3 Å². The predicted octanol–water partition coefficient (Wildman–Crippen LogP) is 1.06. The van der Waals surface area contributed by atoms with Crippen LogP contribution in [0.4, 0.5) is 0 Å². The summed E-state index contributed by atoms with van der Waals surface area (Å²) in [6, 6.07) is 0. The van der Waals surface area contributed by atoms with Gasteiger partial charge in [-0.25, -0.2) is 0 Å². The summed E-state index contributed by atoms with van der Waals surface area (Å²) in [6.07, 6.45) is 6.17. The average molecular weight is 304 g/mol. The molecule has 0 bridgehead atoms. The van der Waals surface area contributed by atoms with Crippen molar-refractivity contribution in [2.75, 3.05) is 33.3 Å². The molecule has 0 aromatic carbocycles. The predicted molar refractivity (Wildman–Crippen MR) is 81.0 cm³/mol. The van der Waals surface area contributed by atoms with E-state index in [-0.39, 0.29) is 0 Å². The van der Waals surface area contributed by atoms with E-state index < -0.39 is 10.4 Å². The van der Waals surface area contributed by atoms with Crippen LogP contribution in [0.3, 0.4) is 0 Å². The Hall–Kier alpha value is -1.17. The summed E-state index contributed by atoms with van der Waals surface area (Å²) < 4.78 is 29.7. The van der Waals surface area contributed by atoms with E-state index in [0.29, 0.717) is 0 Å². The highest BCUT2D eigenvalue weighted by Crippen LogP contribution is 1.84. The maximum absolute atomic E-state index is 9.33. The van der Waals surface area contributed by atoms with Crippen molar-refractivity contribution < 1.29 is 17.2 Å². The molecule has 0 aliphatic rings. The van der Waals surface area contributed by atoms with E-state index in [1.54, 1.807) is 0 Å². The Morgan fingerprint density at radius 1 is 1.10 bits per heavy atom. The van der Waals surface area contributed by atoms with Crippen LogP contribution in [-0.4, -0.2) is 46.3 Å². The van der Waals surface area contributed by atoms with Gasteiger partial charge in [-0.3, -0.25) is 8.74 Å². The minimum Gasteiger partial charge on any atom is -0.313 e. The zero-order valence-corrected chi connectivity index (χ0v) is 12.7. The normalized spacial score (nSPS) is 9.70. The first kappa shape index (κ1) is 21.1. The first-order chi connectivity index (χ1) is 9.47. The van der Waals surface area contributed by atoms with Gasteiger partial charge < -0.3 is 10.6 Å². The topological polar surface area (TPSA) is 87.7 Å². The van der Waals surface area contributed by atoms with Gasteiger partial charge in [0.05, 0.1) is 7.11 Å². The standard InChI is InChI=1S/C12H20N2.CH4O4S/c1-3-5-9-13-11-7-8-12-14-10-6-4-2;1-5-6(2,3)4/h5-6,13-14H,1-2,7-12H2;1H3,(H,2,3,4). The summed E-state index contributed by atoms with van der Waals surface area (Å²) in [5, 5.41) is 6.54. The second kappa shape index (κ2) is 15.9. The second-order valence-corrected chi connectivity index (χ2v) is 4.72. The first-order valence-corrected chi connectivity index (χ1v) is 7.47. The fourth-order valence-electron chi connectivity index (χ4n) is 0.993. The van der Waals surface area contributed by atoms with Crippen molar-refractivity contribution in [1.29, 1.82) is 0 Å². The van der Waals surface area contributed by atoms with Crippen molar-refractivity contribution in [3.8, 4) is 0 Å². The summed E-state index contributed by atoms with van der Waals surface area (Å²) in [7, 11) is -3.29. The molecule has 0 radical (unpaired) electrons. The molecule has 0 atom stereocenters. The lowest BCUT2D eigenvalue weighted by molar-refractivity contribution is 0.324. The summed E-state index contributed by atoms with van der Waals surface area (Å²) in [4.78, 5) is 0.